The van der Waals surface area contributed by atoms with E-state index in [1.54, 1.807) is 6.07 Å². The van der Waals surface area contributed by atoms with Gasteiger partial charge in [-0.25, -0.2) is 9.97 Å². The summed E-state index contributed by atoms with van der Waals surface area (Å²) >= 11 is 1.07. The third kappa shape index (κ3) is 4.83. The van der Waals surface area contributed by atoms with Gasteiger partial charge in [0.05, 0.1) is 23.9 Å². The van der Waals surface area contributed by atoms with Crippen molar-refractivity contribution in [3.63, 3.8) is 0 Å². The van der Waals surface area contributed by atoms with Crippen molar-refractivity contribution >= 4 is 38.3 Å². The molecule has 1 aliphatic rings. The summed E-state index contributed by atoms with van der Waals surface area (Å²) < 4.78 is 38.3. The number of aliphatic hydroxyl groups is 1. The van der Waals surface area contributed by atoms with Gasteiger partial charge in [0.1, 0.15) is 17.0 Å². The summed E-state index contributed by atoms with van der Waals surface area (Å²) in [5.41, 5.74) is 3.09. The maximum absolute atomic E-state index is 12.8. The number of rotatable bonds is 6. The smallest absolute Gasteiger partial charge is 0.392 e. The molecule has 0 saturated carbocycles. The van der Waals surface area contributed by atoms with Crippen LogP contribution in [-0.2, 0) is 19.6 Å². The van der Waals surface area contributed by atoms with Crippen LogP contribution >= 0.6 is 11.3 Å². The summed E-state index contributed by atoms with van der Waals surface area (Å²) in [7, 11) is 0. The molecule has 174 valence electrons. The molecule has 4 heterocycles. The zero-order valence-corrected chi connectivity index (χ0v) is 18.6. The topological polar surface area (TPSA) is 77.1 Å². The minimum Gasteiger partial charge on any atom is -0.392 e. The number of aromatic nitrogens is 3. The van der Waals surface area contributed by atoms with Crippen LogP contribution in [0.2, 0.25) is 0 Å². The van der Waals surface area contributed by atoms with Crippen LogP contribution in [0.25, 0.3) is 21.1 Å². The van der Waals surface area contributed by atoms with E-state index in [-0.39, 0.29) is 17.5 Å². The number of hydrogen-bond acceptors (Lipinski definition) is 6. The summed E-state index contributed by atoms with van der Waals surface area (Å²) in [5, 5.41) is 14.8. The second-order valence-corrected chi connectivity index (χ2v) is 9.57. The van der Waals surface area contributed by atoms with Crippen LogP contribution in [0.4, 0.5) is 19.0 Å². The van der Waals surface area contributed by atoms with E-state index in [9.17, 15) is 18.3 Å². The van der Waals surface area contributed by atoms with Crippen molar-refractivity contribution < 1.29 is 18.3 Å². The highest BCUT2D eigenvalue weighted by atomic mass is 32.1. The summed E-state index contributed by atoms with van der Waals surface area (Å²) in [5.74, 6) is 0.608. The van der Waals surface area contributed by atoms with E-state index in [4.69, 9.17) is 0 Å². The molecule has 3 N–H and O–H groups in total. The maximum atomic E-state index is 12.8. The number of anilines is 1. The number of benzene rings is 1. The minimum absolute atomic E-state index is 0.00644. The molecule has 0 amide bonds. The van der Waals surface area contributed by atoms with Crippen molar-refractivity contribution in [1.29, 1.82) is 0 Å². The number of hydrogen-bond donors (Lipinski definition) is 3. The summed E-state index contributed by atoms with van der Waals surface area (Å²) in [6.07, 6.45) is 0.0649. The first-order valence-corrected chi connectivity index (χ1v) is 11.7. The average molecular weight is 476 g/mol. The Kier molecular flexibility index (Phi) is 5.98. The molecule has 4 aromatic rings. The van der Waals surface area contributed by atoms with E-state index in [1.807, 2.05) is 18.3 Å². The van der Waals surface area contributed by atoms with E-state index in [1.165, 1.54) is 11.9 Å². The Morgan fingerprint density at radius 2 is 1.97 bits per heavy atom. The van der Waals surface area contributed by atoms with E-state index in [0.717, 1.165) is 60.3 Å². The molecule has 0 aliphatic carbocycles. The predicted octanol–water partition coefficient (Wildman–Crippen LogP) is 4.85. The van der Waals surface area contributed by atoms with Gasteiger partial charge in [0.2, 0.25) is 0 Å². The van der Waals surface area contributed by atoms with Gasteiger partial charge in [-0.05, 0) is 24.5 Å². The first-order valence-electron chi connectivity index (χ1n) is 10.9. The van der Waals surface area contributed by atoms with Gasteiger partial charge in [0.25, 0.3) is 0 Å². The van der Waals surface area contributed by atoms with Crippen molar-refractivity contribution in [2.45, 2.75) is 44.6 Å². The highest BCUT2D eigenvalue weighted by Gasteiger charge is 2.29. The largest absolute Gasteiger partial charge is 0.393 e. The molecule has 1 aliphatic heterocycles. The van der Waals surface area contributed by atoms with Gasteiger partial charge in [0.15, 0.2) is 0 Å². The maximum Gasteiger partial charge on any atom is 0.393 e. The summed E-state index contributed by atoms with van der Waals surface area (Å²) in [4.78, 5) is 15.0. The number of aromatic amines is 1. The second-order valence-electron chi connectivity index (χ2n) is 8.45. The fourth-order valence-corrected chi connectivity index (χ4v) is 5.54. The Bertz CT molecular complexity index is 1260. The molecule has 0 radical (unpaired) electrons. The van der Waals surface area contributed by atoms with Gasteiger partial charge < -0.3 is 15.4 Å². The minimum atomic E-state index is -4.24. The number of aliphatic hydroxyl groups excluding tert-OH is 1. The normalized spacial score (nSPS) is 16.1. The number of para-hydroxylation sites is 1. The lowest BCUT2D eigenvalue weighted by Gasteiger charge is -2.32. The molecule has 33 heavy (non-hydrogen) atoms. The van der Waals surface area contributed by atoms with Gasteiger partial charge in [-0.3, -0.25) is 4.90 Å². The van der Waals surface area contributed by atoms with Crippen LogP contribution in [0.5, 0.6) is 0 Å². The zero-order valence-electron chi connectivity index (χ0n) is 17.8. The molecule has 10 heteroatoms. The zero-order chi connectivity index (χ0) is 23.0. The molecule has 1 fully saturated rings. The van der Waals surface area contributed by atoms with Crippen molar-refractivity contribution in [1.82, 2.24) is 19.9 Å². The molecule has 5 rings (SSSR count). The number of piperidine rings is 1. The second kappa shape index (κ2) is 8.92. The van der Waals surface area contributed by atoms with Crippen molar-refractivity contribution in [3.05, 3.63) is 52.8 Å². The van der Waals surface area contributed by atoms with E-state index < -0.39 is 12.6 Å². The number of likely N-dealkylation sites (tertiary alicyclic amines) is 1. The van der Waals surface area contributed by atoms with E-state index in [2.05, 4.69) is 31.2 Å². The molecular formula is C23H24F3N5OS. The summed E-state index contributed by atoms with van der Waals surface area (Å²) in [6, 6.07) is 7.72. The Hall–Kier alpha value is -2.69. The standard InChI is InChI=1S/C23H24F3N5OS/c24-23(25,26)9-17-8-19-21(28-13-29-22(19)33-17)30-16-4-6-31(7-5-16)11-15-10-27-20-14(12-32)2-1-3-18(15)20/h1-3,8,10,13,16,27,32H,4-7,9,11-12H2,(H,28,29,30). The number of H-pyrrole nitrogens is 1. The van der Waals surface area contributed by atoms with Crippen LogP contribution in [0.1, 0.15) is 28.8 Å². The molecule has 3 aromatic heterocycles. The van der Waals surface area contributed by atoms with Gasteiger partial charge in [-0.15, -0.1) is 11.3 Å². The number of nitrogens with zero attached hydrogens (tertiary/aromatic N) is 3. The number of fused-ring (bicyclic) bond motifs is 2. The van der Waals surface area contributed by atoms with Crippen LogP contribution < -0.4 is 5.32 Å². The lowest BCUT2D eigenvalue weighted by Crippen LogP contribution is -2.38. The number of nitrogens with one attached hydrogen (secondary N) is 2. The SMILES string of the molecule is OCc1cccc2c(CN3CCC(Nc4ncnc5sc(CC(F)(F)F)cc45)CC3)c[nH]c12. The Morgan fingerprint density at radius 3 is 2.73 bits per heavy atom. The third-order valence-electron chi connectivity index (χ3n) is 6.14. The van der Waals surface area contributed by atoms with Crippen LogP contribution in [0.3, 0.4) is 0 Å². The van der Waals surface area contributed by atoms with Crippen LogP contribution in [-0.4, -0.2) is 50.3 Å². The van der Waals surface area contributed by atoms with Crippen LogP contribution in [0, 0.1) is 0 Å². The highest BCUT2D eigenvalue weighted by Crippen LogP contribution is 2.33. The van der Waals surface area contributed by atoms with Gasteiger partial charge in [-0.1, -0.05) is 18.2 Å². The summed E-state index contributed by atoms with van der Waals surface area (Å²) in [6.45, 7) is 2.64. The fourth-order valence-electron chi connectivity index (χ4n) is 4.51. The Morgan fingerprint density at radius 1 is 1.15 bits per heavy atom. The molecule has 0 unspecified atom stereocenters. The fraction of sp³-hybridized carbons (Fsp3) is 0.391. The van der Waals surface area contributed by atoms with Crippen molar-refractivity contribution in [3.8, 4) is 0 Å². The predicted molar refractivity (Wildman–Crippen MR) is 123 cm³/mol. The number of alkyl halides is 3. The molecule has 0 bridgehead atoms. The molecule has 0 atom stereocenters. The number of halogens is 3. The first-order chi connectivity index (χ1) is 15.9. The van der Waals surface area contributed by atoms with Crippen molar-refractivity contribution in [2.24, 2.45) is 0 Å². The van der Waals surface area contributed by atoms with Gasteiger partial charge in [-0.2, -0.15) is 13.2 Å². The average Bonchev–Trinajstić information content (AvgIpc) is 3.38. The number of thiophene rings is 1. The van der Waals surface area contributed by atoms with Crippen molar-refractivity contribution in [2.75, 3.05) is 18.4 Å². The van der Waals surface area contributed by atoms with E-state index >= 15 is 0 Å². The molecule has 1 saturated heterocycles. The molecule has 0 spiro atoms. The Labute approximate surface area is 192 Å². The van der Waals surface area contributed by atoms with Gasteiger partial charge >= 0.3 is 6.18 Å². The lowest BCUT2D eigenvalue weighted by molar-refractivity contribution is -0.126. The quantitative estimate of drug-likeness (QED) is 0.372. The molecule has 6 nitrogen and oxygen atoms in total. The monoisotopic (exact) mass is 475 g/mol. The highest BCUT2D eigenvalue weighted by molar-refractivity contribution is 7.18. The van der Waals surface area contributed by atoms with Crippen LogP contribution in [0.15, 0.2) is 36.8 Å². The Balaban J connectivity index is 1.23. The van der Waals surface area contributed by atoms with E-state index in [0.29, 0.717) is 16.0 Å². The lowest BCUT2D eigenvalue weighted by atomic mass is 10.0. The van der Waals surface area contributed by atoms with Gasteiger partial charge in [0, 0.05) is 47.7 Å². The first kappa shape index (κ1) is 22.1. The molecule has 1 aromatic carbocycles. The molecular weight excluding hydrogens is 451 g/mol. The third-order valence-corrected chi connectivity index (χ3v) is 7.18.